The predicted octanol–water partition coefficient (Wildman–Crippen LogP) is 2.90. The molecule has 0 unspecified atom stereocenters. The van der Waals surface area contributed by atoms with E-state index >= 15 is 0 Å². The van der Waals surface area contributed by atoms with Gasteiger partial charge in [-0.25, -0.2) is 4.98 Å². The fraction of sp³-hybridized carbons (Fsp3) is 0.273. The molecule has 3 nitrogen and oxygen atoms in total. The molecule has 0 spiro atoms. The summed E-state index contributed by atoms with van der Waals surface area (Å²) in [5.74, 6) is 0.797. The van der Waals surface area contributed by atoms with Crippen LogP contribution in [-0.4, -0.2) is 15.8 Å². The van der Waals surface area contributed by atoms with Crippen LogP contribution in [-0.2, 0) is 6.42 Å². The van der Waals surface area contributed by atoms with E-state index < -0.39 is 0 Å². The summed E-state index contributed by atoms with van der Waals surface area (Å²) in [6.07, 6.45) is 2.62. The molecule has 0 aliphatic carbocycles. The van der Waals surface area contributed by atoms with E-state index in [4.69, 9.17) is 0 Å². The van der Waals surface area contributed by atoms with Crippen LogP contribution in [0.5, 0.6) is 0 Å². The summed E-state index contributed by atoms with van der Waals surface area (Å²) in [7, 11) is 0. The molecule has 78 valence electrons. The topological polar surface area (TPSA) is 45.8 Å². The molecule has 0 amide bonds. The summed E-state index contributed by atoms with van der Waals surface area (Å²) in [6, 6.07) is 4.13. The molecule has 2 heterocycles. The molecule has 15 heavy (non-hydrogen) atoms. The molecule has 0 aromatic carbocycles. The lowest BCUT2D eigenvalue weighted by Crippen LogP contribution is -1.90. The van der Waals surface area contributed by atoms with Crippen LogP contribution in [0.25, 0.3) is 10.7 Å². The highest BCUT2D eigenvalue weighted by Crippen LogP contribution is 2.25. The third kappa shape index (κ3) is 1.99. The minimum Gasteiger partial charge on any atom is -0.335 e. The maximum atomic E-state index is 11.1. The Morgan fingerprint density at radius 1 is 1.53 bits per heavy atom. The number of aryl methyl sites for hydroxylation is 1. The molecular formula is C11H12N2OS. The van der Waals surface area contributed by atoms with Crippen LogP contribution in [0.3, 0.4) is 0 Å². The van der Waals surface area contributed by atoms with Crippen LogP contribution < -0.4 is 0 Å². The zero-order chi connectivity index (χ0) is 10.8. The molecule has 0 atom stereocenters. The highest BCUT2D eigenvalue weighted by molar-refractivity contribution is 7.15. The second-order valence-corrected chi connectivity index (χ2v) is 4.49. The quantitative estimate of drug-likeness (QED) is 0.808. The summed E-state index contributed by atoms with van der Waals surface area (Å²) in [4.78, 5) is 20.7. The molecule has 1 N–H and O–H groups in total. The number of carbonyl (C=O) groups is 1. The van der Waals surface area contributed by atoms with Gasteiger partial charge in [-0.1, -0.05) is 6.92 Å². The Labute approximate surface area is 92.2 Å². The van der Waals surface area contributed by atoms with Crippen molar-refractivity contribution in [2.24, 2.45) is 0 Å². The van der Waals surface area contributed by atoms with Gasteiger partial charge in [0.15, 0.2) is 5.78 Å². The van der Waals surface area contributed by atoms with Gasteiger partial charge in [0.05, 0.1) is 11.1 Å². The lowest BCUT2D eigenvalue weighted by molar-refractivity contribution is 0.101. The van der Waals surface area contributed by atoms with Crippen molar-refractivity contribution in [3.05, 3.63) is 28.9 Å². The van der Waals surface area contributed by atoms with Crippen LogP contribution >= 0.6 is 11.3 Å². The van der Waals surface area contributed by atoms with E-state index in [1.807, 2.05) is 6.07 Å². The normalized spacial score (nSPS) is 10.5. The monoisotopic (exact) mass is 220 g/mol. The van der Waals surface area contributed by atoms with Gasteiger partial charge in [-0.3, -0.25) is 4.79 Å². The molecule has 0 radical (unpaired) electrons. The maximum absolute atomic E-state index is 11.1. The third-order valence-electron chi connectivity index (χ3n) is 2.20. The SMILES string of the molecule is CCc1ccc(-c2ncc(C(C)=O)[nH]2)s1. The van der Waals surface area contributed by atoms with Gasteiger partial charge in [0, 0.05) is 11.8 Å². The lowest BCUT2D eigenvalue weighted by atomic mass is 10.3. The van der Waals surface area contributed by atoms with Crippen molar-refractivity contribution >= 4 is 17.1 Å². The van der Waals surface area contributed by atoms with Gasteiger partial charge in [-0.15, -0.1) is 11.3 Å². The Morgan fingerprint density at radius 3 is 2.87 bits per heavy atom. The van der Waals surface area contributed by atoms with E-state index in [1.54, 1.807) is 17.5 Å². The van der Waals surface area contributed by atoms with Gasteiger partial charge < -0.3 is 4.98 Å². The number of rotatable bonds is 3. The number of nitrogens with one attached hydrogen (secondary N) is 1. The smallest absolute Gasteiger partial charge is 0.177 e. The zero-order valence-electron chi connectivity index (χ0n) is 8.70. The number of H-pyrrole nitrogens is 1. The van der Waals surface area contributed by atoms with Crippen LogP contribution in [0, 0.1) is 0 Å². The van der Waals surface area contributed by atoms with Crippen molar-refractivity contribution in [2.45, 2.75) is 20.3 Å². The summed E-state index contributed by atoms with van der Waals surface area (Å²) in [6.45, 7) is 3.65. The Balaban J connectivity index is 2.32. The van der Waals surface area contributed by atoms with Crippen molar-refractivity contribution in [1.29, 1.82) is 0 Å². The number of thiophene rings is 1. The number of hydrogen-bond acceptors (Lipinski definition) is 3. The largest absolute Gasteiger partial charge is 0.335 e. The van der Waals surface area contributed by atoms with Crippen LogP contribution in [0.15, 0.2) is 18.3 Å². The summed E-state index contributed by atoms with van der Waals surface area (Å²) >= 11 is 1.71. The maximum Gasteiger partial charge on any atom is 0.177 e. The molecule has 2 aromatic rings. The molecule has 0 fully saturated rings. The van der Waals surface area contributed by atoms with Crippen molar-refractivity contribution in [1.82, 2.24) is 9.97 Å². The van der Waals surface area contributed by atoms with Crippen molar-refractivity contribution in [3.8, 4) is 10.7 Å². The summed E-state index contributed by atoms with van der Waals surface area (Å²) < 4.78 is 0. The van der Waals surface area contributed by atoms with Gasteiger partial charge in [-0.05, 0) is 18.6 Å². The summed E-state index contributed by atoms with van der Waals surface area (Å²) in [5.41, 5.74) is 0.566. The van der Waals surface area contributed by atoms with E-state index in [0.717, 1.165) is 17.1 Å². The highest BCUT2D eigenvalue weighted by atomic mass is 32.1. The van der Waals surface area contributed by atoms with E-state index in [9.17, 15) is 4.79 Å². The molecule has 0 saturated heterocycles. The highest BCUT2D eigenvalue weighted by Gasteiger charge is 2.08. The number of nitrogens with zero attached hydrogens (tertiary/aromatic N) is 1. The Kier molecular flexibility index (Phi) is 2.68. The fourth-order valence-electron chi connectivity index (χ4n) is 1.32. The standard InChI is InChI=1S/C11H12N2OS/c1-3-8-4-5-10(15-8)11-12-6-9(13-11)7(2)14/h4-6H,3H2,1-2H3,(H,12,13). The first-order valence-electron chi connectivity index (χ1n) is 4.85. The fourth-order valence-corrected chi connectivity index (χ4v) is 2.22. The number of ketones is 1. The second-order valence-electron chi connectivity index (χ2n) is 3.32. The number of aromatic amines is 1. The van der Waals surface area contributed by atoms with E-state index in [2.05, 4.69) is 23.0 Å². The van der Waals surface area contributed by atoms with E-state index in [1.165, 1.54) is 11.8 Å². The van der Waals surface area contributed by atoms with Crippen LogP contribution in [0.2, 0.25) is 0 Å². The molecule has 0 aliphatic heterocycles. The van der Waals surface area contributed by atoms with E-state index in [0.29, 0.717) is 5.69 Å². The van der Waals surface area contributed by atoms with Crippen LogP contribution in [0.4, 0.5) is 0 Å². The number of carbonyl (C=O) groups excluding carboxylic acids is 1. The molecule has 2 aromatic heterocycles. The van der Waals surface area contributed by atoms with E-state index in [-0.39, 0.29) is 5.78 Å². The molecule has 2 rings (SSSR count). The first kappa shape index (κ1) is 10.1. The molecule has 0 bridgehead atoms. The van der Waals surface area contributed by atoms with Crippen molar-refractivity contribution < 1.29 is 4.79 Å². The first-order valence-corrected chi connectivity index (χ1v) is 5.67. The number of imidazole rings is 1. The minimum absolute atomic E-state index is 0.0148. The van der Waals surface area contributed by atoms with Crippen molar-refractivity contribution in [3.63, 3.8) is 0 Å². The van der Waals surface area contributed by atoms with Crippen molar-refractivity contribution in [2.75, 3.05) is 0 Å². The number of aromatic nitrogens is 2. The van der Waals surface area contributed by atoms with Gasteiger partial charge in [0.2, 0.25) is 0 Å². The zero-order valence-corrected chi connectivity index (χ0v) is 9.52. The average molecular weight is 220 g/mol. The minimum atomic E-state index is 0.0148. The Bertz CT molecular complexity index is 484. The summed E-state index contributed by atoms with van der Waals surface area (Å²) in [5, 5.41) is 0. The third-order valence-corrected chi connectivity index (χ3v) is 3.43. The van der Waals surface area contributed by atoms with Gasteiger partial charge in [0.1, 0.15) is 11.5 Å². The van der Waals surface area contributed by atoms with Gasteiger partial charge >= 0.3 is 0 Å². The molecule has 4 heteroatoms. The number of hydrogen-bond donors (Lipinski definition) is 1. The second kappa shape index (κ2) is 3.98. The molecule has 0 saturated carbocycles. The Morgan fingerprint density at radius 2 is 2.33 bits per heavy atom. The van der Waals surface area contributed by atoms with Gasteiger partial charge in [0.25, 0.3) is 0 Å². The van der Waals surface area contributed by atoms with Gasteiger partial charge in [-0.2, -0.15) is 0 Å². The first-order chi connectivity index (χ1) is 7.20. The van der Waals surface area contributed by atoms with Crippen LogP contribution in [0.1, 0.15) is 29.2 Å². The molecular weight excluding hydrogens is 208 g/mol. The average Bonchev–Trinajstić information content (AvgIpc) is 2.86. The molecule has 0 aliphatic rings. The Hall–Kier alpha value is -1.42. The predicted molar refractivity (Wildman–Crippen MR) is 61.3 cm³/mol. The lowest BCUT2D eigenvalue weighted by Gasteiger charge is -1.89. The number of Topliss-reactive ketones (excluding diaryl/α,β-unsaturated/α-hetero) is 1.